The fourth-order valence-corrected chi connectivity index (χ4v) is 2.29. The molecule has 0 spiro atoms. The Labute approximate surface area is 111 Å². The molecule has 19 heavy (non-hydrogen) atoms. The van der Waals surface area contributed by atoms with Crippen molar-refractivity contribution in [3.63, 3.8) is 0 Å². The van der Waals surface area contributed by atoms with Crippen LogP contribution in [0.4, 0.5) is 0 Å². The van der Waals surface area contributed by atoms with Gasteiger partial charge in [-0.3, -0.25) is 9.59 Å². The van der Waals surface area contributed by atoms with Crippen LogP contribution >= 0.6 is 0 Å². The van der Waals surface area contributed by atoms with Crippen LogP contribution in [0.25, 0.3) is 0 Å². The lowest BCUT2D eigenvalue weighted by atomic mass is 10.1. The maximum absolute atomic E-state index is 12.0. The van der Waals surface area contributed by atoms with Crippen molar-refractivity contribution >= 4 is 11.9 Å². The molecule has 2 heterocycles. The number of nitrogens with one attached hydrogen (secondary N) is 1. The predicted octanol–water partition coefficient (Wildman–Crippen LogP) is 1.20. The van der Waals surface area contributed by atoms with E-state index in [0.717, 1.165) is 31.6 Å². The fraction of sp³-hybridized carbons (Fsp3) is 0.615. The highest BCUT2D eigenvalue weighted by atomic mass is 16.4. The van der Waals surface area contributed by atoms with Gasteiger partial charge in [-0.2, -0.15) is 0 Å². The van der Waals surface area contributed by atoms with Crippen molar-refractivity contribution in [1.29, 1.82) is 0 Å². The standard InChI is InChI=1S/C13H19N3O3/c1-2-9(7-12(17)18)14-13(19)10-8-16-6-4-3-5-11(16)15-10/h8-9H,2-7H2,1H3,(H,14,19)(H,17,18). The quantitative estimate of drug-likeness (QED) is 0.838. The number of aliphatic carboxylic acids is 1. The number of carboxylic acids is 1. The molecular weight excluding hydrogens is 246 g/mol. The average Bonchev–Trinajstić information content (AvgIpc) is 2.81. The third-order valence-corrected chi connectivity index (χ3v) is 3.39. The number of aromatic nitrogens is 2. The van der Waals surface area contributed by atoms with Crippen LogP contribution in [0, 0.1) is 0 Å². The SMILES string of the molecule is CCC(CC(=O)O)NC(=O)c1cn2c(n1)CCCC2. The van der Waals surface area contributed by atoms with Crippen LogP contribution < -0.4 is 5.32 Å². The maximum atomic E-state index is 12.0. The fourth-order valence-electron chi connectivity index (χ4n) is 2.29. The van der Waals surface area contributed by atoms with Gasteiger partial charge in [-0.1, -0.05) is 6.92 Å². The van der Waals surface area contributed by atoms with Gasteiger partial charge in [-0.25, -0.2) is 4.98 Å². The van der Waals surface area contributed by atoms with E-state index in [2.05, 4.69) is 10.3 Å². The first kappa shape index (κ1) is 13.6. The van der Waals surface area contributed by atoms with Crippen molar-refractivity contribution in [2.75, 3.05) is 0 Å². The monoisotopic (exact) mass is 265 g/mol. The molecule has 1 aliphatic heterocycles. The van der Waals surface area contributed by atoms with Crippen molar-refractivity contribution in [3.8, 4) is 0 Å². The highest BCUT2D eigenvalue weighted by Gasteiger charge is 2.19. The van der Waals surface area contributed by atoms with Crippen LogP contribution in [-0.4, -0.2) is 32.6 Å². The number of carbonyl (C=O) groups is 2. The topological polar surface area (TPSA) is 84.2 Å². The molecule has 6 nitrogen and oxygen atoms in total. The van der Waals surface area contributed by atoms with E-state index in [-0.39, 0.29) is 18.4 Å². The minimum Gasteiger partial charge on any atom is -0.481 e. The minimum atomic E-state index is -0.906. The molecule has 0 aromatic carbocycles. The molecule has 1 atom stereocenters. The molecule has 0 bridgehead atoms. The number of imidazole rings is 1. The van der Waals surface area contributed by atoms with Gasteiger partial charge >= 0.3 is 5.97 Å². The Kier molecular flexibility index (Phi) is 4.19. The molecule has 1 aliphatic rings. The van der Waals surface area contributed by atoms with E-state index in [9.17, 15) is 9.59 Å². The molecule has 6 heteroatoms. The lowest BCUT2D eigenvalue weighted by molar-refractivity contribution is -0.137. The first-order valence-electron chi connectivity index (χ1n) is 6.69. The zero-order chi connectivity index (χ0) is 13.8. The third kappa shape index (κ3) is 3.33. The smallest absolute Gasteiger partial charge is 0.305 e. The van der Waals surface area contributed by atoms with Gasteiger partial charge in [0.25, 0.3) is 5.91 Å². The molecular formula is C13H19N3O3. The highest BCUT2D eigenvalue weighted by molar-refractivity contribution is 5.92. The third-order valence-electron chi connectivity index (χ3n) is 3.39. The number of aryl methyl sites for hydroxylation is 2. The molecule has 1 aromatic heterocycles. The van der Waals surface area contributed by atoms with Gasteiger partial charge in [0.2, 0.25) is 0 Å². The van der Waals surface area contributed by atoms with Gasteiger partial charge in [0.05, 0.1) is 6.42 Å². The number of amides is 1. The number of fused-ring (bicyclic) bond motifs is 1. The van der Waals surface area contributed by atoms with E-state index in [4.69, 9.17) is 5.11 Å². The van der Waals surface area contributed by atoms with Crippen molar-refractivity contribution < 1.29 is 14.7 Å². The van der Waals surface area contributed by atoms with E-state index in [1.54, 1.807) is 6.20 Å². The number of carbonyl (C=O) groups excluding carboxylic acids is 1. The van der Waals surface area contributed by atoms with E-state index in [1.165, 1.54) is 0 Å². The number of hydrogen-bond acceptors (Lipinski definition) is 3. The average molecular weight is 265 g/mol. The summed E-state index contributed by atoms with van der Waals surface area (Å²) in [6.45, 7) is 2.76. The Balaban J connectivity index is 2.02. The minimum absolute atomic E-state index is 0.0597. The van der Waals surface area contributed by atoms with E-state index in [0.29, 0.717) is 12.1 Å². The molecule has 0 fully saturated rings. The largest absolute Gasteiger partial charge is 0.481 e. The molecule has 2 N–H and O–H groups in total. The zero-order valence-corrected chi connectivity index (χ0v) is 11.1. The van der Waals surface area contributed by atoms with Gasteiger partial charge in [0.15, 0.2) is 0 Å². The Morgan fingerprint density at radius 3 is 2.95 bits per heavy atom. The second-order valence-corrected chi connectivity index (χ2v) is 4.87. The molecule has 0 saturated heterocycles. The van der Waals surface area contributed by atoms with Crippen LogP contribution in [-0.2, 0) is 17.8 Å². The summed E-state index contributed by atoms with van der Waals surface area (Å²) in [6, 6.07) is -0.344. The lowest BCUT2D eigenvalue weighted by Crippen LogP contribution is -2.36. The second-order valence-electron chi connectivity index (χ2n) is 4.87. The predicted molar refractivity (Wildman–Crippen MR) is 69.0 cm³/mol. The van der Waals surface area contributed by atoms with Gasteiger partial charge < -0.3 is 15.0 Å². The molecule has 2 rings (SSSR count). The summed E-state index contributed by atoms with van der Waals surface area (Å²) in [7, 11) is 0. The first-order chi connectivity index (χ1) is 9.10. The summed E-state index contributed by atoms with van der Waals surface area (Å²) in [5, 5.41) is 11.5. The number of nitrogens with zero attached hydrogens (tertiary/aromatic N) is 2. The van der Waals surface area contributed by atoms with Crippen molar-refractivity contribution in [2.24, 2.45) is 0 Å². The number of carboxylic acid groups (broad SMARTS) is 1. The van der Waals surface area contributed by atoms with E-state index in [1.807, 2.05) is 11.5 Å². The van der Waals surface area contributed by atoms with Crippen LogP contribution in [0.5, 0.6) is 0 Å². The molecule has 104 valence electrons. The normalized spacial score (nSPS) is 15.6. The second kappa shape index (κ2) is 5.86. The van der Waals surface area contributed by atoms with E-state index < -0.39 is 5.97 Å². The molecule has 0 aliphatic carbocycles. The summed E-state index contributed by atoms with van der Waals surface area (Å²) in [5.74, 6) is -0.242. The Morgan fingerprint density at radius 1 is 1.53 bits per heavy atom. The van der Waals surface area contributed by atoms with Crippen molar-refractivity contribution in [1.82, 2.24) is 14.9 Å². The summed E-state index contributed by atoms with van der Waals surface area (Å²) in [4.78, 5) is 27.0. The van der Waals surface area contributed by atoms with Gasteiger partial charge in [-0.05, 0) is 19.3 Å². The molecule has 0 radical (unpaired) electrons. The van der Waals surface area contributed by atoms with Gasteiger partial charge in [0, 0.05) is 25.2 Å². The molecule has 1 aromatic rings. The Hall–Kier alpha value is -1.85. The lowest BCUT2D eigenvalue weighted by Gasteiger charge is -2.13. The van der Waals surface area contributed by atoms with Crippen molar-refractivity contribution in [3.05, 3.63) is 17.7 Å². The highest BCUT2D eigenvalue weighted by Crippen LogP contribution is 2.14. The zero-order valence-electron chi connectivity index (χ0n) is 11.1. The Morgan fingerprint density at radius 2 is 2.32 bits per heavy atom. The molecule has 1 amide bonds. The van der Waals surface area contributed by atoms with E-state index >= 15 is 0 Å². The van der Waals surface area contributed by atoms with Crippen LogP contribution in [0.1, 0.15) is 48.9 Å². The van der Waals surface area contributed by atoms with Gasteiger partial charge in [0.1, 0.15) is 11.5 Å². The maximum Gasteiger partial charge on any atom is 0.305 e. The van der Waals surface area contributed by atoms with Crippen LogP contribution in [0.2, 0.25) is 0 Å². The number of hydrogen-bond donors (Lipinski definition) is 2. The Bertz CT molecular complexity index is 458. The molecule has 0 saturated carbocycles. The van der Waals surface area contributed by atoms with Crippen LogP contribution in [0.3, 0.4) is 0 Å². The first-order valence-corrected chi connectivity index (χ1v) is 6.69. The summed E-state index contributed by atoms with van der Waals surface area (Å²) in [5.41, 5.74) is 0.390. The van der Waals surface area contributed by atoms with Crippen LogP contribution in [0.15, 0.2) is 6.20 Å². The van der Waals surface area contributed by atoms with Gasteiger partial charge in [-0.15, -0.1) is 0 Å². The van der Waals surface area contributed by atoms with Crippen molar-refractivity contribution in [2.45, 2.75) is 51.6 Å². The summed E-state index contributed by atoms with van der Waals surface area (Å²) < 4.78 is 2.01. The summed E-state index contributed by atoms with van der Waals surface area (Å²) >= 11 is 0. The summed E-state index contributed by atoms with van der Waals surface area (Å²) in [6.07, 6.45) is 5.41. The number of rotatable bonds is 5. The molecule has 1 unspecified atom stereocenters.